The monoisotopic (exact) mass is 310 g/mol. The highest BCUT2D eigenvalue weighted by atomic mass is 35.5. The minimum Gasteiger partial charge on any atom is -0.478 e. The Kier molecular flexibility index (Phi) is 5.62. The third kappa shape index (κ3) is 4.70. The first kappa shape index (κ1) is 16.3. The molecule has 1 heterocycles. The fraction of sp³-hybridized carbons (Fsp3) is 0.562. The Morgan fingerprint density at radius 1 is 1.24 bits per heavy atom. The Morgan fingerprint density at radius 2 is 1.86 bits per heavy atom. The van der Waals surface area contributed by atoms with Crippen LogP contribution in [0.3, 0.4) is 0 Å². The molecule has 0 saturated carbocycles. The van der Waals surface area contributed by atoms with E-state index < -0.39 is 5.97 Å². The standard InChI is InChI=1S/C16H23ClN2O2/c1-12(2)10-18-5-7-19(8-6-18)11-14-4-3-13(16(20)21)9-15(14)17/h3-4,9,12H,5-8,10-11H2,1-2H3,(H,20,21). The van der Waals surface area contributed by atoms with Crippen molar-refractivity contribution in [3.05, 3.63) is 34.3 Å². The fourth-order valence-corrected chi connectivity index (χ4v) is 2.94. The second kappa shape index (κ2) is 7.25. The molecule has 1 aliphatic rings. The predicted octanol–water partition coefficient (Wildman–Crippen LogP) is 2.81. The van der Waals surface area contributed by atoms with Gasteiger partial charge in [0.05, 0.1) is 5.56 Å². The van der Waals surface area contributed by atoms with Crippen molar-refractivity contribution in [2.24, 2.45) is 5.92 Å². The molecule has 1 saturated heterocycles. The van der Waals surface area contributed by atoms with Crippen LogP contribution in [0.1, 0.15) is 29.8 Å². The number of carboxylic acids is 1. The molecule has 1 aliphatic heterocycles. The first-order valence-corrected chi connectivity index (χ1v) is 7.80. The van der Waals surface area contributed by atoms with Crippen molar-refractivity contribution in [1.29, 1.82) is 0 Å². The maximum absolute atomic E-state index is 10.9. The van der Waals surface area contributed by atoms with Crippen LogP contribution in [0.5, 0.6) is 0 Å². The molecule has 2 rings (SSSR count). The number of carbonyl (C=O) groups is 1. The summed E-state index contributed by atoms with van der Waals surface area (Å²) >= 11 is 6.19. The molecule has 1 aromatic rings. The lowest BCUT2D eigenvalue weighted by Crippen LogP contribution is -2.46. The van der Waals surface area contributed by atoms with Gasteiger partial charge < -0.3 is 10.0 Å². The van der Waals surface area contributed by atoms with Crippen molar-refractivity contribution in [3.8, 4) is 0 Å². The first-order chi connectivity index (χ1) is 9.95. The van der Waals surface area contributed by atoms with Crippen LogP contribution in [0.15, 0.2) is 18.2 Å². The van der Waals surface area contributed by atoms with Gasteiger partial charge in [0, 0.05) is 44.3 Å². The third-order valence-corrected chi connectivity index (χ3v) is 4.13. The quantitative estimate of drug-likeness (QED) is 0.908. The molecule has 0 radical (unpaired) electrons. The minimum atomic E-state index is -0.939. The Balaban J connectivity index is 1.90. The number of benzene rings is 1. The Morgan fingerprint density at radius 3 is 2.38 bits per heavy atom. The lowest BCUT2D eigenvalue weighted by atomic mass is 10.1. The summed E-state index contributed by atoms with van der Waals surface area (Å²) < 4.78 is 0. The SMILES string of the molecule is CC(C)CN1CCN(Cc2ccc(C(=O)O)cc2Cl)CC1. The van der Waals surface area contributed by atoms with E-state index in [9.17, 15) is 4.79 Å². The molecule has 0 unspecified atom stereocenters. The number of halogens is 1. The van der Waals surface area contributed by atoms with Crippen LogP contribution < -0.4 is 0 Å². The molecular weight excluding hydrogens is 288 g/mol. The van der Waals surface area contributed by atoms with Crippen molar-refractivity contribution >= 4 is 17.6 Å². The average molecular weight is 311 g/mol. The largest absolute Gasteiger partial charge is 0.478 e. The summed E-state index contributed by atoms with van der Waals surface area (Å²) in [6.07, 6.45) is 0. The lowest BCUT2D eigenvalue weighted by Gasteiger charge is -2.35. The van der Waals surface area contributed by atoms with Gasteiger partial charge in [-0.1, -0.05) is 31.5 Å². The van der Waals surface area contributed by atoms with Crippen molar-refractivity contribution in [2.45, 2.75) is 20.4 Å². The van der Waals surface area contributed by atoms with Gasteiger partial charge >= 0.3 is 5.97 Å². The van der Waals surface area contributed by atoms with Gasteiger partial charge in [0.15, 0.2) is 0 Å². The van der Waals surface area contributed by atoms with Crippen LogP contribution in [0, 0.1) is 5.92 Å². The number of rotatable bonds is 5. The van der Waals surface area contributed by atoms with Crippen molar-refractivity contribution < 1.29 is 9.90 Å². The average Bonchev–Trinajstić information content (AvgIpc) is 2.42. The van der Waals surface area contributed by atoms with E-state index in [4.69, 9.17) is 16.7 Å². The molecule has 0 spiro atoms. The van der Waals surface area contributed by atoms with Gasteiger partial charge in [0.2, 0.25) is 0 Å². The van der Waals surface area contributed by atoms with Crippen LogP contribution >= 0.6 is 11.6 Å². The van der Waals surface area contributed by atoms with Crippen molar-refractivity contribution in [1.82, 2.24) is 9.80 Å². The first-order valence-electron chi connectivity index (χ1n) is 7.42. The van der Waals surface area contributed by atoms with Gasteiger partial charge in [0.1, 0.15) is 0 Å². The zero-order valence-corrected chi connectivity index (χ0v) is 13.4. The molecular formula is C16H23ClN2O2. The normalized spacial score (nSPS) is 17.3. The van der Waals surface area contributed by atoms with Gasteiger partial charge in [-0.25, -0.2) is 4.79 Å². The molecule has 0 bridgehead atoms. The molecule has 21 heavy (non-hydrogen) atoms. The molecule has 1 fully saturated rings. The molecule has 0 aromatic heterocycles. The maximum Gasteiger partial charge on any atom is 0.335 e. The number of hydrogen-bond acceptors (Lipinski definition) is 3. The summed E-state index contributed by atoms with van der Waals surface area (Å²) in [6.45, 7) is 10.7. The topological polar surface area (TPSA) is 43.8 Å². The summed E-state index contributed by atoms with van der Waals surface area (Å²) in [5.74, 6) is -0.236. The van der Waals surface area contributed by atoms with Gasteiger partial charge in [-0.05, 0) is 23.6 Å². The summed E-state index contributed by atoms with van der Waals surface area (Å²) in [7, 11) is 0. The van der Waals surface area contributed by atoms with Crippen LogP contribution in [0.25, 0.3) is 0 Å². The van der Waals surface area contributed by atoms with Gasteiger partial charge in [0.25, 0.3) is 0 Å². The van der Waals surface area contributed by atoms with E-state index in [0.29, 0.717) is 10.9 Å². The highest BCUT2D eigenvalue weighted by Crippen LogP contribution is 2.20. The molecule has 116 valence electrons. The van der Waals surface area contributed by atoms with Crippen LogP contribution in [0.4, 0.5) is 0 Å². The van der Waals surface area contributed by atoms with Crippen LogP contribution in [0.2, 0.25) is 5.02 Å². The van der Waals surface area contributed by atoms with E-state index in [-0.39, 0.29) is 5.56 Å². The van der Waals surface area contributed by atoms with Gasteiger partial charge in [-0.3, -0.25) is 4.90 Å². The summed E-state index contributed by atoms with van der Waals surface area (Å²) in [4.78, 5) is 15.8. The molecule has 0 aliphatic carbocycles. The number of carboxylic acid groups (broad SMARTS) is 1. The number of aromatic carboxylic acids is 1. The molecule has 5 heteroatoms. The smallest absolute Gasteiger partial charge is 0.335 e. The van der Waals surface area contributed by atoms with E-state index >= 15 is 0 Å². The highest BCUT2D eigenvalue weighted by Gasteiger charge is 2.18. The van der Waals surface area contributed by atoms with E-state index in [1.807, 2.05) is 6.07 Å². The van der Waals surface area contributed by atoms with E-state index in [0.717, 1.165) is 44.8 Å². The van der Waals surface area contributed by atoms with Crippen molar-refractivity contribution in [2.75, 3.05) is 32.7 Å². The van der Waals surface area contributed by atoms with Crippen LogP contribution in [-0.2, 0) is 6.54 Å². The minimum absolute atomic E-state index is 0.241. The number of hydrogen-bond donors (Lipinski definition) is 1. The second-order valence-electron chi connectivity index (χ2n) is 6.08. The van der Waals surface area contributed by atoms with Gasteiger partial charge in [-0.2, -0.15) is 0 Å². The fourth-order valence-electron chi connectivity index (χ4n) is 2.70. The van der Waals surface area contributed by atoms with E-state index in [2.05, 4.69) is 23.6 Å². The van der Waals surface area contributed by atoms with E-state index in [1.54, 1.807) is 6.07 Å². The summed E-state index contributed by atoms with van der Waals surface area (Å²) in [5.41, 5.74) is 1.24. The zero-order chi connectivity index (χ0) is 15.4. The number of piperazine rings is 1. The lowest BCUT2D eigenvalue weighted by molar-refractivity contribution is 0.0697. The molecule has 0 amide bonds. The Labute approximate surface area is 131 Å². The second-order valence-corrected chi connectivity index (χ2v) is 6.49. The third-order valence-electron chi connectivity index (χ3n) is 3.78. The molecule has 0 atom stereocenters. The van der Waals surface area contributed by atoms with E-state index in [1.165, 1.54) is 6.07 Å². The number of nitrogens with zero attached hydrogens (tertiary/aromatic N) is 2. The molecule has 1 N–H and O–H groups in total. The van der Waals surface area contributed by atoms with Crippen LogP contribution in [-0.4, -0.2) is 53.6 Å². The molecule has 4 nitrogen and oxygen atoms in total. The zero-order valence-electron chi connectivity index (χ0n) is 12.7. The Bertz CT molecular complexity index is 497. The Hall–Kier alpha value is -1.10. The summed E-state index contributed by atoms with van der Waals surface area (Å²) in [6, 6.07) is 4.99. The molecule has 1 aromatic carbocycles. The highest BCUT2D eigenvalue weighted by molar-refractivity contribution is 6.31. The predicted molar refractivity (Wildman–Crippen MR) is 85.0 cm³/mol. The maximum atomic E-state index is 10.9. The van der Waals surface area contributed by atoms with Crippen molar-refractivity contribution in [3.63, 3.8) is 0 Å². The summed E-state index contributed by atoms with van der Waals surface area (Å²) in [5, 5.41) is 9.49. The van der Waals surface area contributed by atoms with Gasteiger partial charge in [-0.15, -0.1) is 0 Å².